The summed E-state index contributed by atoms with van der Waals surface area (Å²) in [5.41, 5.74) is 0. The van der Waals surface area contributed by atoms with Crippen LogP contribution in [0.15, 0.2) is 0 Å². The van der Waals surface area contributed by atoms with Crippen molar-refractivity contribution in [2.75, 3.05) is 19.8 Å². The Morgan fingerprint density at radius 3 is 2.90 bits per heavy atom. The van der Waals surface area contributed by atoms with Crippen molar-refractivity contribution in [3.8, 4) is 0 Å². The van der Waals surface area contributed by atoms with Gasteiger partial charge in [0.25, 0.3) is 5.24 Å². The molecule has 0 bridgehead atoms. The van der Waals surface area contributed by atoms with Crippen molar-refractivity contribution >= 4 is 17.9 Å². The number of amides is 1. The van der Waals surface area contributed by atoms with Crippen molar-refractivity contribution in [1.82, 2.24) is 5.32 Å². The van der Waals surface area contributed by atoms with Gasteiger partial charge in [0, 0.05) is 19.8 Å². The van der Waals surface area contributed by atoms with Crippen LogP contribution < -0.4 is 5.32 Å². The Morgan fingerprint density at radius 2 is 2.40 bits per heavy atom. The molecule has 0 saturated carbocycles. The Kier molecular flexibility index (Phi) is 6.74. The third-order valence-electron chi connectivity index (χ3n) is 0.946. The van der Waals surface area contributed by atoms with E-state index in [9.17, 15) is 4.79 Å². The lowest BCUT2D eigenvalue weighted by molar-refractivity contribution is 0.145. The second-order valence-corrected chi connectivity index (χ2v) is 2.19. The summed E-state index contributed by atoms with van der Waals surface area (Å²) < 4.78 is 5.04. The lowest BCUT2D eigenvalue weighted by Crippen LogP contribution is -2.18. The number of carbonyl (C=O) groups excluding carboxylic acids is 1. The molecule has 10 heavy (non-hydrogen) atoms. The largest absolute Gasteiger partial charge is 0.382 e. The first-order valence-corrected chi connectivity index (χ1v) is 3.76. The molecule has 0 aromatic heterocycles. The van der Waals surface area contributed by atoms with Crippen molar-refractivity contribution in [3.05, 3.63) is 0 Å². The van der Waals surface area contributed by atoms with Crippen molar-refractivity contribution < 1.29 is 9.53 Å². The molecule has 0 spiro atoms. The molecule has 3 nitrogen and oxygen atoms in total. The first-order chi connectivity index (χ1) is 4.77. The van der Waals surface area contributed by atoms with E-state index in [0.29, 0.717) is 13.2 Å². The lowest BCUT2D eigenvalue weighted by atomic mass is 10.4. The Hall–Kier alpha value is -0.220. The summed E-state index contributed by atoms with van der Waals surface area (Å²) in [6, 6.07) is 0. The van der Waals surface area contributed by atoms with Crippen LogP contribution in [0.4, 0.5) is 4.79 Å². The van der Waals surface area contributed by atoms with Crippen molar-refractivity contribution in [2.24, 2.45) is 0 Å². The maximum Gasteiger partial charge on any atom is 0.275 e. The van der Waals surface area contributed by atoms with E-state index in [0.717, 1.165) is 13.0 Å². The Morgan fingerprint density at radius 1 is 1.70 bits per heavy atom. The van der Waals surface area contributed by atoms with Gasteiger partial charge in [0.15, 0.2) is 0 Å². The summed E-state index contributed by atoms with van der Waals surface area (Å²) in [5, 5.41) is 2.27. The number of ether oxygens (including phenoxy) is 1. The fourth-order valence-electron chi connectivity index (χ4n) is 0.514. The van der Waals surface area contributed by atoms with Crippen LogP contribution in [0.2, 0.25) is 0 Å². The van der Waals surface area contributed by atoms with Crippen LogP contribution in [0.5, 0.6) is 0 Å². The van der Waals surface area contributed by atoms with Crippen molar-refractivity contribution in [2.45, 2.75) is 13.3 Å². The highest BCUT2D eigenvalue weighted by Gasteiger charge is 1.89. The summed E-state index contributed by atoms with van der Waals surface area (Å²) in [6.07, 6.45) is 0.847. The maximum absolute atomic E-state index is 10.2. The molecule has 0 saturated heterocycles. The van der Waals surface area contributed by atoms with Gasteiger partial charge >= 0.3 is 0 Å². The average molecular weight is 163 g/mol. The van der Waals surface area contributed by atoms with E-state index in [1.54, 1.807) is 0 Å². The zero-order valence-electron chi connectivity index (χ0n) is 6.09. The molecule has 0 aliphatic heterocycles. The third kappa shape index (κ3) is 7.78. The smallest absolute Gasteiger partial charge is 0.275 e. The number of carbonyl (C=O) groups is 1. The van der Waals surface area contributed by atoms with Crippen molar-refractivity contribution in [1.29, 1.82) is 0 Å². The minimum Gasteiger partial charge on any atom is -0.382 e. The van der Waals surface area contributed by atoms with Crippen LogP contribution in [0.3, 0.4) is 0 Å². The van der Waals surface area contributed by atoms with E-state index in [2.05, 4.69) is 17.9 Å². The molecule has 0 aliphatic rings. The topological polar surface area (TPSA) is 38.3 Å². The Bertz CT molecular complexity index is 97.7. The molecule has 0 radical (unpaired) electrons. The van der Waals surface area contributed by atoms with E-state index in [4.69, 9.17) is 4.74 Å². The molecule has 0 heterocycles. The minimum atomic E-state index is -0.281. The van der Waals surface area contributed by atoms with Gasteiger partial charge in [-0.25, -0.2) is 0 Å². The van der Waals surface area contributed by atoms with E-state index >= 15 is 0 Å². The zero-order chi connectivity index (χ0) is 7.82. The van der Waals surface area contributed by atoms with Gasteiger partial charge in [-0.15, -0.1) is 0 Å². The van der Waals surface area contributed by atoms with Gasteiger partial charge < -0.3 is 10.1 Å². The summed E-state index contributed by atoms with van der Waals surface area (Å²) in [4.78, 5) is 10.2. The summed E-state index contributed by atoms with van der Waals surface area (Å²) >= 11 is 3.53. The standard InChI is InChI=1S/C6H13NO2S/c1-2-9-5-3-4-7-6(8)10/h2-5H2,1H3,(H2,7,8,10). The maximum atomic E-state index is 10.2. The molecule has 0 rings (SSSR count). The fourth-order valence-corrected chi connectivity index (χ4v) is 0.626. The highest BCUT2D eigenvalue weighted by atomic mass is 32.1. The van der Waals surface area contributed by atoms with E-state index in [-0.39, 0.29) is 5.24 Å². The number of thiol groups is 1. The summed E-state index contributed by atoms with van der Waals surface area (Å²) in [5.74, 6) is 0. The van der Waals surface area contributed by atoms with Crippen LogP contribution in [-0.4, -0.2) is 25.0 Å². The number of hydrogen-bond donors (Lipinski definition) is 2. The van der Waals surface area contributed by atoms with Crippen LogP contribution in [0, 0.1) is 0 Å². The molecule has 0 fully saturated rings. The van der Waals surface area contributed by atoms with Gasteiger partial charge in [-0.05, 0) is 13.3 Å². The Labute approximate surface area is 66.5 Å². The summed E-state index contributed by atoms with van der Waals surface area (Å²) in [7, 11) is 0. The quantitative estimate of drug-likeness (QED) is 0.469. The minimum absolute atomic E-state index is 0.281. The number of rotatable bonds is 5. The van der Waals surface area contributed by atoms with Crippen LogP contribution in [0.25, 0.3) is 0 Å². The molecule has 0 atom stereocenters. The molecule has 1 N–H and O–H groups in total. The van der Waals surface area contributed by atoms with Gasteiger partial charge in [-0.2, -0.15) is 0 Å². The average Bonchev–Trinajstić information content (AvgIpc) is 1.87. The van der Waals surface area contributed by atoms with Gasteiger partial charge in [0.05, 0.1) is 0 Å². The van der Waals surface area contributed by atoms with E-state index in [1.165, 1.54) is 0 Å². The normalized spacial score (nSPS) is 9.40. The highest BCUT2D eigenvalue weighted by molar-refractivity contribution is 7.96. The van der Waals surface area contributed by atoms with Crippen LogP contribution in [-0.2, 0) is 4.74 Å². The van der Waals surface area contributed by atoms with Crippen LogP contribution >= 0.6 is 12.6 Å². The van der Waals surface area contributed by atoms with E-state index < -0.39 is 0 Å². The predicted octanol–water partition coefficient (Wildman–Crippen LogP) is 1.05. The first-order valence-electron chi connectivity index (χ1n) is 3.32. The molecule has 0 aromatic carbocycles. The molecular weight excluding hydrogens is 150 g/mol. The third-order valence-corrected chi connectivity index (χ3v) is 1.10. The van der Waals surface area contributed by atoms with E-state index in [1.807, 2.05) is 6.92 Å². The van der Waals surface area contributed by atoms with Crippen molar-refractivity contribution in [3.63, 3.8) is 0 Å². The molecule has 1 amide bonds. The predicted molar refractivity (Wildman–Crippen MR) is 43.5 cm³/mol. The SMILES string of the molecule is CCOCCCNC(=O)S. The summed E-state index contributed by atoms with van der Waals surface area (Å²) in [6.45, 7) is 4.01. The van der Waals surface area contributed by atoms with Gasteiger partial charge in [0.1, 0.15) is 0 Å². The Balaban J connectivity index is 2.84. The second kappa shape index (κ2) is 6.89. The lowest BCUT2D eigenvalue weighted by Gasteiger charge is -2.00. The second-order valence-electron chi connectivity index (χ2n) is 1.78. The highest BCUT2D eigenvalue weighted by Crippen LogP contribution is 1.81. The van der Waals surface area contributed by atoms with Gasteiger partial charge in [0.2, 0.25) is 0 Å². The molecule has 0 aliphatic carbocycles. The molecule has 4 heteroatoms. The fraction of sp³-hybridized carbons (Fsp3) is 0.833. The number of hydrogen-bond acceptors (Lipinski definition) is 2. The monoisotopic (exact) mass is 163 g/mol. The first kappa shape index (κ1) is 9.78. The molecule has 0 aromatic rings. The van der Waals surface area contributed by atoms with Gasteiger partial charge in [-0.1, -0.05) is 12.6 Å². The molecule has 60 valence electrons. The molecule has 0 unspecified atom stereocenters. The zero-order valence-corrected chi connectivity index (χ0v) is 6.99. The molecular formula is C6H13NO2S. The van der Waals surface area contributed by atoms with Gasteiger partial charge in [-0.3, -0.25) is 4.79 Å². The number of nitrogens with one attached hydrogen (secondary N) is 1. The van der Waals surface area contributed by atoms with Crippen LogP contribution in [0.1, 0.15) is 13.3 Å².